The molecule has 0 amide bonds. The molecule has 0 aliphatic carbocycles. The average Bonchev–Trinajstić information content (AvgIpc) is 2.67. The number of ether oxygens (including phenoxy) is 1. The number of fused-ring (bicyclic) bond motifs is 1. The van der Waals surface area contributed by atoms with Crippen LogP contribution >= 0.6 is 0 Å². The summed E-state index contributed by atoms with van der Waals surface area (Å²) in [6, 6.07) is 2.95. The van der Waals surface area contributed by atoms with Crippen LogP contribution in [-0.2, 0) is 10.1 Å². The minimum Gasteiger partial charge on any atom is -0.495 e. The van der Waals surface area contributed by atoms with Crippen LogP contribution in [0.3, 0.4) is 0 Å². The van der Waals surface area contributed by atoms with Gasteiger partial charge in [-0.2, -0.15) is 26.6 Å². The first-order valence-electron chi connectivity index (χ1n) is 4.76. The third-order valence-electron chi connectivity index (χ3n) is 2.12. The Hall–Kier alpha value is -1.97. The topological polar surface area (TPSA) is 69.9 Å². The van der Waals surface area contributed by atoms with E-state index < -0.39 is 21.5 Å². The molecule has 0 aromatic carbocycles. The lowest BCUT2D eigenvalue weighted by Gasteiger charge is -2.06. The molecule has 0 saturated heterocycles. The molecule has 0 aliphatic rings. The van der Waals surface area contributed by atoms with Crippen molar-refractivity contribution in [2.45, 2.75) is 5.51 Å². The Morgan fingerprint density at radius 3 is 2.53 bits per heavy atom. The van der Waals surface area contributed by atoms with E-state index in [4.69, 9.17) is 4.74 Å². The van der Waals surface area contributed by atoms with Gasteiger partial charge in [-0.1, -0.05) is 0 Å². The Labute approximate surface area is 105 Å². The van der Waals surface area contributed by atoms with Gasteiger partial charge in [0.2, 0.25) is 0 Å². The summed E-state index contributed by atoms with van der Waals surface area (Å²) in [5.41, 5.74) is -5.28. The second kappa shape index (κ2) is 4.30. The smallest absolute Gasteiger partial charge is 0.495 e. The monoisotopic (exact) mass is 296 g/mol. The molecule has 0 N–H and O–H groups in total. The number of alkyl halides is 3. The van der Waals surface area contributed by atoms with Crippen molar-refractivity contribution in [2.75, 3.05) is 7.11 Å². The van der Waals surface area contributed by atoms with Gasteiger partial charge in [0.05, 0.1) is 19.5 Å². The molecule has 2 heterocycles. The molecule has 0 fully saturated rings. The minimum atomic E-state index is -5.72. The van der Waals surface area contributed by atoms with Crippen LogP contribution in [-0.4, -0.2) is 30.4 Å². The predicted octanol–water partition coefficient (Wildman–Crippen LogP) is 1.57. The van der Waals surface area contributed by atoms with Crippen LogP contribution in [0.4, 0.5) is 13.2 Å². The van der Waals surface area contributed by atoms with Crippen molar-refractivity contribution in [1.29, 1.82) is 0 Å². The Balaban J connectivity index is 2.37. The highest BCUT2D eigenvalue weighted by Gasteiger charge is 2.49. The summed E-state index contributed by atoms with van der Waals surface area (Å²) < 4.78 is 68.1. The van der Waals surface area contributed by atoms with Crippen molar-refractivity contribution >= 4 is 15.8 Å². The first kappa shape index (κ1) is 13.5. The highest BCUT2D eigenvalue weighted by Crippen LogP contribution is 2.27. The van der Waals surface area contributed by atoms with Gasteiger partial charge in [-0.3, -0.25) is 4.40 Å². The van der Waals surface area contributed by atoms with E-state index in [1.807, 2.05) is 0 Å². The standard InChI is InChI=1S/C9H7F3N2O4S/c1-17-6-2-3-7-13-8(5-14(7)4-6)18-19(15,16)9(10,11)12/h2-5H,1H3. The molecule has 2 aromatic heterocycles. The van der Waals surface area contributed by atoms with Crippen molar-refractivity contribution in [3.8, 4) is 11.6 Å². The fourth-order valence-corrected chi connectivity index (χ4v) is 1.67. The number of halogens is 3. The Kier molecular flexibility index (Phi) is 3.04. The molecule has 0 spiro atoms. The molecule has 0 atom stereocenters. The number of nitrogens with zero attached hydrogens (tertiary/aromatic N) is 2. The Morgan fingerprint density at radius 1 is 1.26 bits per heavy atom. The minimum absolute atomic E-state index is 0.216. The highest BCUT2D eigenvalue weighted by atomic mass is 32.2. The second-order valence-electron chi connectivity index (χ2n) is 3.40. The molecule has 0 saturated carbocycles. The maximum atomic E-state index is 12.1. The molecule has 10 heteroatoms. The molecule has 19 heavy (non-hydrogen) atoms. The largest absolute Gasteiger partial charge is 0.534 e. The third-order valence-corrected chi connectivity index (χ3v) is 3.07. The fraction of sp³-hybridized carbons (Fsp3) is 0.222. The van der Waals surface area contributed by atoms with Gasteiger partial charge < -0.3 is 8.92 Å². The van der Waals surface area contributed by atoms with Gasteiger partial charge in [-0.05, 0) is 12.1 Å². The zero-order valence-corrected chi connectivity index (χ0v) is 10.2. The predicted molar refractivity (Wildman–Crippen MR) is 57.3 cm³/mol. The van der Waals surface area contributed by atoms with E-state index in [0.29, 0.717) is 5.75 Å². The van der Waals surface area contributed by atoms with Gasteiger partial charge >= 0.3 is 15.6 Å². The molecule has 0 unspecified atom stereocenters. The van der Waals surface area contributed by atoms with E-state index in [9.17, 15) is 21.6 Å². The van der Waals surface area contributed by atoms with Crippen molar-refractivity contribution in [3.63, 3.8) is 0 Å². The maximum absolute atomic E-state index is 12.1. The van der Waals surface area contributed by atoms with Crippen LogP contribution in [0, 0.1) is 0 Å². The Bertz CT molecular complexity index is 708. The van der Waals surface area contributed by atoms with Crippen LogP contribution in [0.25, 0.3) is 5.65 Å². The molecule has 0 aliphatic heterocycles. The lowest BCUT2D eigenvalue weighted by molar-refractivity contribution is -0.0501. The number of hydrogen-bond donors (Lipinski definition) is 0. The van der Waals surface area contributed by atoms with Crippen molar-refractivity contribution < 1.29 is 30.5 Å². The van der Waals surface area contributed by atoms with E-state index in [2.05, 4.69) is 9.17 Å². The van der Waals surface area contributed by atoms with Crippen LogP contribution in [0.15, 0.2) is 24.5 Å². The van der Waals surface area contributed by atoms with Gasteiger partial charge in [0, 0.05) is 0 Å². The van der Waals surface area contributed by atoms with Gasteiger partial charge in [0.15, 0.2) is 0 Å². The van der Waals surface area contributed by atoms with E-state index in [-0.39, 0.29) is 5.65 Å². The third kappa shape index (κ3) is 2.57. The van der Waals surface area contributed by atoms with Crippen LogP contribution in [0.2, 0.25) is 0 Å². The van der Waals surface area contributed by atoms with Crippen molar-refractivity contribution in [1.82, 2.24) is 9.38 Å². The number of methoxy groups -OCH3 is 1. The Morgan fingerprint density at radius 2 is 1.95 bits per heavy atom. The quantitative estimate of drug-likeness (QED) is 0.635. The van der Waals surface area contributed by atoms with E-state index >= 15 is 0 Å². The van der Waals surface area contributed by atoms with Crippen molar-refractivity contribution in [2.24, 2.45) is 0 Å². The lowest BCUT2D eigenvalue weighted by Crippen LogP contribution is -2.28. The van der Waals surface area contributed by atoms with Gasteiger partial charge in [-0.25, -0.2) is 0 Å². The molecule has 0 bridgehead atoms. The molecular weight excluding hydrogens is 289 g/mol. The molecule has 104 valence electrons. The van der Waals surface area contributed by atoms with Gasteiger partial charge in [0.1, 0.15) is 11.4 Å². The van der Waals surface area contributed by atoms with E-state index in [1.54, 1.807) is 0 Å². The first-order chi connectivity index (χ1) is 8.73. The fourth-order valence-electron chi connectivity index (χ4n) is 1.27. The van der Waals surface area contributed by atoms with Crippen molar-refractivity contribution in [3.05, 3.63) is 24.5 Å². The zero-order valence-electron chi connectivity index (χ0n) is 9.38. The summed E-state index contributed by atoms with van der Waals surface area (Å²) in [7, 11) is -4.31. The van der Waals surface area contributed by atoms with Crippen LogP contribution in [0.1, 0.15) is 0 Å². The summed E-state index contributed by atoms with van der Waals surface area (Å²) >= 11 is 0. The average molecular weight is 296 g/mol. The summed E-state index contributed by atoms with van der Waals surface area (Å²) in [6.07, 6.45) is 2.41. The van der Waals surface area contributed by atoms with E-state index in [0.717, 1.165) is 6.20 Å². The van der Waals surface area contributed by atoms with Gasteiger partial charge in [0.25, 0.3) is 5.88 Å². The second-order valence-corrected chi connectivity index (χ2v) is 4.93. The zero-order chi connectivity index (χ0) is 14.3. The summed E-state index contributed by atoms with van der Waals surface area (Å²) in [4.78, 5) is 3.59. The van der Waals surface area contributed by atoms with Crippen LogP contribution in [0.5, 0.6) is 11.6 Å². The normalized spacial score (nSPS) is 12.6. The SMILES string of the molecule is COc1ccc2nc(OS(=O)(=O)C(F)(F)F)cn2c1. The number of aromatic nitrogens is 2. The number of rotatable bonds is 3. The molecular formula is C9H7F3N2O4S. The van der Waals surface area contributed by atoms with E-state index in [1.165, 1.54) is 29.8 Å². The molecule has 2 aromatic rings. The molecule has 6 nitrogen and oxygen atoms in total. The first-order valence-corrected chi connectivity index (χ1v) is 6.17. The number of imidazole rings is 1. The summed E-state index contributed by atoms with van der Waals surface area (Å²) in [5, 5.41) is 0. The maximum Gasteiger partial charge on any atom is 0.534 e. The molecule has 0 radical (unpaired) electrons. The summed E-state index contributed by atoms with van der Waals surface area (Å²) in [6.45, 7) is 0. The number of hydrogen-bond acceptors (Lipinski definition) is 5. The lowest BCUT2D eigenvalue weighted by atomic mass is 10.4. The molecule has 2 rings (SSSR count). The highest BCUT2D eigenvalue weighted by molar-refractivity contribution is 7.87. The van der Waals surface area contributed by atoms with Crippen LogP contribution < -0.4 is 8.92 Å². The summed E-state index contributed by atoms with van der Waals surface area (Å²) in [5.74, 6) is -0.249. The van der Waals surface area contributed by atoms with Gasteiger partial charge in [-0.15, -0.1) is 0 Å². The number of pyridine rings is 1.